The summed E-state index contributed by atoms with van der Waals surface area (Å²) < 4.78 is 34.2. The van der Waals surface area contributed by atoms with Gasteiger partial charge in [-0.05, 0) is 59.4 Å². The molecule has 6 nitrogen and oxygen atoms in total. The van der Waals surface area contributed by atoms with Crippen molar-refractivity contribution in [2.24, 2.45) is 5.41 Å². The largest absolute Gasteiger partial charge is 0.497 e. The predicted octanol–water partition coefficient (Wildman–Crippen LogP) is 5.91. The Morgan fingerprint density at radius 3 is 2.44 bits per heavy atom. The number of nitrogens with zero attached hydrogens (tertiary/aromatic N) is 1. The van der Waals surface area contributed by atoms with Crippen LogP contribution in [0.1, 0.15) is 43.9 Å². The highest BCUT2D eigenvalue weighted by Gasteiger charge is 2.42. The number of hydrogen-bond donors (Lipinski definition) is 2. The van der Waals surface area contributed by atoms with Gasteiger partial charge < -0.3 is 20.3 Å². The van der Waals surface area contributed by atoms with Gasteiger partial charge in [-0.2, -0.15) is 0 Å². The fourth-order valence-electron chi connectivity index (χ4n) is 5.46. The van der Waals surface area contributed by atoms with Gasteiger partial charge in [0.05, 0.1) is 31.1 Å². The van der Waals surface area contributed by atoms with Gasteiger partial charge in [0.15, 0.2) is 5.78 Å². The third-order valence-electron chi connectivity index (χ3n) is 7.17. The molecule has 0 aromatic heterocycles. The number of carbonyl (C=O) groups excluding carboxylic acids is 2. The second-order valence-electron chi connectivity index (χ2n) is 10.8. The van der Waals surface area contributed by atoms with Gasteiger partial charge in [0.25, 0.3) is 0 Å². The lowest BCUT2D eigenvalue weighted by molar-refractivity contribution is -0.120. The van der Waals surface area contributed by atoms with Crippen molar-refractivity contribution < 1.29 is 23.1 Å². The molecule has 0 fully saturated rings. The lowest BCUT2D eigenvalue weighted by Gasteiger charge is -2.37. The summed E-state index contributed by atoms with van der Waals surface area (Å²) in [5.74, 6) is -1.18. The van der Waals surface area contributed by atoms with Crippen LogP contribution in [0.4, 0.5) is 20.2 Å². The molecule has 1 unspecified atom stereocenters. The lowest BCUT2D eigenvalue weighted by atomic mass is 9.73. The molecular formula is C31H31F2N3O3. The van der Waals surface area contributed by atoms with Crippen LogP contribution in [-0.4, -0.2) is 25.3 Å². The fraction of sp³-hybridized carbons (Fsp3) is 0.290. The van der Waals surface area contributed by atoms with Crippen LogP contribution >= 0.6 is 0 Å². The van der Waals surface area contributed by atoms with E-state index in [9.17, 15) is 18.4 Å². The summed E-state index contributed by atoms with van der Waals surface area (Å²) in [6, 6.07) is 17.2. The lowest BCUT2D eigenvalue weighted by Crippen LogP contribution is -2.42. The van der Waals surface area contributed by atoms with E-state index < -0.39 is 17.7 Å². The molecule has 2 N–H and O–H groups in total. The Morgan fingerprint density at radius 2 is 1.74 bits per heavy atom. The zero-order chi connectivity index (χ0) is 27.7. The summed E-state index contributed by atoms with van der Waals surface area (Å²) in [6.45, 7) is 4.20. The highest BCUT2D eigenvalue weighted by atomic mass is 19.1. The van der Waals surface area contributed by atoms with E-state index in [2.05, 4.69) is 10.6 Å². The van der Waals surface area contributed by atoms with Crippen LogP contribution in [0, 0.1) is 17.0 Å². The first-order valence-electron chi connectivity index (χ1n) is 12.9. The van der Waals surface area contributed by atoms with Crippen molar-refractivity contribution in [3.05, 3.63) is 101 Å². The summed E-state index contributed by atoms with van der Waals surface area (Å²) in [5, 5.41) is 6.37. The third-order valence-corrected chi connectivity index (χ3v) is 7.17. The maximum atomic E-state index is 14.5. The van der Waals surface area contributed by atoms with Gasteiger partial charge in [-0.15, -0.1) is 0 Å². The van der Waals surface area contributed by atoms with Crippen molar-refractivity contribution in [3.63, 3.8) is 0 Å². The molecule has 0 radical (unpaired) electrons. The van der Waals surface area contributed by atoms with Crippen LogP contribution < -0.4 is 20.3 Å². The van der Waals surface area contributed by atoms with Crippen molar-refractivity contribution in [2.45, 2.75) is 39.3 Å². The average molecular weight is 532 g/mol. The number of allylic oxidation sites excluding steroid dienone is 1. The number of carbonyl (C=O) groups is 2. The number of anilines is 2. The van der Waals surface area contributed by atoms with Crippen LogP contribution in [0.5, 0.6) is 5.75 Å². The van der Waals surface area contributed by atoms with E-state index in [0.717, 1.165) is 17.3 Å². The molecule has 1 aliphatic heterocycles. The summed E-state index contributed by atoms with van der Waals surface area (Å²) in [6.07, 6.45) is 0.865. The van der Waals surface area contributed by atoms with Crippen molar-refractivity contribution in [3.8, 4) is 5.75 Å². The number of methoxy groups -OCH3 is 1. The Morgan fingerprint density at radius 1 is 1.05 bits per heavy atom. The standard InChI is InChI=1S/C31H31F2N3O3/c1-31(2)15-25-29(27(37)16-31)30(20-12-21(32)14-22(33)13-20)36(26-7-5-4-6-24(26)35-25)18-28(38)34-17-19-8-10-23(39-3)11-9-19/h4-14,30,35H,15-18H2,1-3H3,(H,34,38). The molecular weight excluding hydrogens is 500 g/mol. The number of ketones is 1. The first-order chi connectivity index (χ1) is 18.6. The molecule has 2 aliphatic rings. The van der Waals surface area contributed by atoms with E-state index in [4.69, 9.17) is 4.74 Å². The molecule has 5 rings (SSSR count). The third kappa shape index (κ3) is 5.65. The number of benzene rings is 3. The second-order valence-corrected chi connectivity index (χ2v) is 10.8. The van der Waals surface area contributed by atoms with Crippen molar-refractivity contribution in [1.82, 2.24) is 5.32 Å². The molecule has 0 bridgehead atoms. The van der Waals surface area contributed by atoms with Gasteiger partial charge in [0, 0.05) is 30.3 Å². The number of Topliss-reactive ketones (excluding diaryl/α,β-unsaturated/α-hetero) is 1. The maximum absolute atomic E-state index is 14.5. The topological polar surface area (TPSA) is 70.7 Å². The Bertz CT molecular complexity index is 1430. The van der Waals surface area contributed by atoms with Gasteiger partial charge in [-0.1, -0.05) is 38.1 Å². The Balaban J connectivity index is 1.56. The Labute approximate surface area is 226 Å². The van der Waals surface area contributed by atoms with Gasteiger partial charge in [-0.3, -0.25) is 9.59 Å². The minimum Gasteiger partial charge on any atom is -0.497 e. The summed E-state index contributed by atoms with van der Waals surface area (Å²) in [5.41, 5.74) is 3.39. The van der Waals surface area contributed by atoms with Gasteiger partial charge >= 0.3 is 0 Å². The van der Waals surface area contributed by atoms with Gasteiger partial charge in [0.1, 0.15) is 17.4 Å². The van der Waals surface area contributed by atoms with E-state index in [1.54, 1.807) is 12.0 Å². The zero-order valence-electron chi connectivity index (χ0n) is 22.2. The minimum absolute atomic E-state index is 0.111. The van der Waals surface area contributed by atoms with E-state index in [1.165, 1.54) is 12.1 Å². The minimum atomic E-state index is -0.864. The predicted molar refractivity (Wildman–Crippen MR) is 146 cm³/mol. The molecule has 39 heavy (non-hydrogen) atoms. The normalized spacial score (nSPS) is 18.0. The Hall–Kier alpha value is -4.20. The van der Waals surface area contributed by atoms with E-state index in [0.29, 0.717) is 29.1 Å². The zero-order valence-corrected chi connectivity index (χ0v) is 22.2. The molecule has 8 heteroatoms. The number of para-hydroxylation sites is 2. The molecule has 1 heterocycles. The molecule has 1 aliphatic carbocycles. The van der Waals surface area contributed by atoms with Crippen molar-refractivity contribution >= 4 is 23.1 Å². The van der Waals surface area contributed by atoms with Crippen molar-refractivity contribution in [2.75, 3.05) is 23.9 Å². The molecule has 0 saturated carbocycles. The number of amides is 1. The second kappa shape index (κ2) is 10.5. The SMILES string of the molecule is COc1ccc(CNC(=O)CN2c3ccccc3NC3=C(C(=O)CC(C)(C)C3)C2c2cc(F)cc(F)c2)cc1. The molecule has 3 aromatic carbocycles. The number of fused-ring (bicyclic) bond motifs is 1. The summed E-state index contributed by atoms with van der Waals surface area (Å²) in [4.78, 5) is 28.8. The van der Waals surface area contributed by atoms with E-state index in [-0.39, 0.29) is 42.2 Å². The van der Waals surface area contributed by atoms with Crippen LogP contribution in [-0.2, 0) is 16.1 Å². The number of hydrogen-bond acceptors (Lipinski definition) is 5. The number of rotatable bonds is 6. The van der Waals surface area contributed by atoms with E-state index in [1.807, 2.05) is 62.4 Å². The molecule has 1 atom stereocenters. The first kappa shape index (κ1) is 26.4. The highest BCUT2D eigenvalue weighted by Crippen LogP contribution is 2.48. The highest BCUT2D eigenvalue weighted by molar-refractivity contribution is 6.01. The molecule has 0 spiro atoms. The maximum Gasteiger partial charge on any atom is 0.239 e. The fourth-order valence-corrected chi connectivity index (χ4v) is 5.46. The average Bonchev–Trinajstić information content (AvgIpc) is 3.01. The number of ether oxygens (including phenoxy) is 1. The van der Waals surface area contributed by atoms with E-state index >= 15 is 0 Å². The van der Waals surface area contributed by atoms with Crippen LogP contribution in [0.25, 0.3) is 0 Å². The number of nitrogens with one attached hydrogen (secondary N) is 2. The molecule has 0 saturated heterocycles. The molecule has 1 amide bonds. The number of halogens is 2. The van der Waals surface area contributed by atoms with Crippen molar-refractivity contribution in [1.29, 1.82) is 0 Å². The van der Waals surface area contributed by atoms with Gasteiger partial charge in [-0.25, -0.2) is 8.78 Å². The van der Waals surface area contributed by atoms with Crippen LogP contribution in [0.3, 0.4) is 0 Å². The van der Waals surface area contributed by atoms with Crippen LogP contribution in [0.15, 0.2) is 78.0 Å². The van der Waals surface area contributed by atoms with Crippen LogP contribution in [0.2, 0.25) is 0 Å². The Kier molecular flexibility index (Phi) is 7.12. The monoisotopic (exact) mass is 531 g/mol. The first-order valence-corrected chi connectivity index (χ1v) is 12.9. The van der Waals surface area contributed by atoms with Gasteiger partial charge in [0.2, 0.25) is 5.91 Å². The molecule has 3 aromatic rings. The quantitative estimate of drug-likeness (QED) is 0.414. The smallest absolute Gasteiger partial charge is 0.239 e. The molecule has 202 valence electrons. The summed E-state index contributed by atoms with van der Waals surface area (Å²) in [7, 11) is 1.59. The summed E-state index contributed by atoms with van der Waals surface area (Å²) >= 11 is 0.